The van der Waals surface area contributed by atoms with Gasteiger partial charge in [-0.1, -0.05) is 0 Å². The first kappa shape index (κ1) is 30.7. The highest BCUT2D eigenvalue weighted by Crippen LogP contribution is 2.05. The summed E-state index contributed by atoms with van der Waals surface area (Å²) in [6.07, 6.45) is 0.889. The number of thiol groups is 1. The minimum absolute atomic E-state index is 0.0925. The monoisotopic (exact) mass is 504 g/mol. The molecule has 0 saturated carbocycles. The zero-order valence-electron chi connectivity index (χ0n) is 19.1. The standard InChI is InChI=1S/C18H36N10O5S/c1-9(19)13(29)26-10(4-2-6-24-17(20)21)14(30)27-11(5-3-7-25-18(22)23)15(31)28-12(8-34)16(32)33/h9-12,34H,2-8,19H2,1H3,(H,26,29)(H,27,30)(H,28,31)(H,32,33)(H4,20,21,24)(H4,22,23,25). The number of nitrogens with two attached hydrogens (primary N) is 5. The van der Waals surface area contributed by atoms with Crippen LogP contribution in [0.5, 0.6) is 0 Å². The summed E-state index contributed by atoms with van der Waals surface area (Å²) in [6, 6.07) is -4.31. The van der Waals surface area contributed by atoms with E-state index in [0.717, 1.165) is 0 Å². The van der Waals surface area contributed by atoms with E-state index in [1.165, 1.54) is 6.92 Å². The van der Waals surface area contributed by atoms with E-state index in [1.807, 2.05) is 0 Å². The molecule has 15 nitrogen and oxygen atoms in total. The number of nitrogens with one attached hydrogen (secondary N) is 3. The van der Waals surface area contributed by atoms with Crippen molar-refractivity contribution in [3.8, 4) is 0 Å². The predicted molar refractivity (Wildman–Crippen MR) is 131 cm³/mol. The van der Waals surface area contributed by atoms with Gasteiger partial charge in [-0.15, -0.1) is 0 Å². The number of amides is 3. The SMILES string of the molecule is CC(N)C(=O)NC(CCCN=C(N)N)C(=O)NC(CCCN=C(N)N)C(=O)NC(CS)C(=O)O. The number of rotatable bonds is 16. The van der Waals surface area contributed by atoms with Gasteiger partial charge in [-0.2, -0.15) is 12.6 Å². The zero-order valence-corrected chi connectivity index (χ0v) is 20.0. The topological polar surface area (TPSA) is 279 Å². The Balaban J connectivity index is 5.49. The van der Waals surface area contributed by atoms with Crippen LogP contribution in [0, 0.1) is 0 Å². The van der Waals surface area contributed by atoms with Crippen LogP contribution in [-0.4, -0.2) is 83.7 Å². The molecule has 0 spiro atoms. The third-order valence-corrected chi connectivity index (χ3v) is 4.73. The molecule has 34 heavy (non-hydrogen) atoms. The molecule has 0 aliphatic rings. The van der Waals surface area contributed by atoms with E-state index in [9.17, 15) is 24.3 Å². The normalized spacial score (nSPS) is 14.0. The van der Waals surface area contributed by atoms with Crippen LogP contribution >= 0.6 is 12.6 Å². The Bertz CT molecular complexity index is 753. The van der Waals surface area contributed by atoms with Crippen LogP contribution in [0.1, 0.15) is 32.6 Å². The van der Waals surface area contributed by atoms with Crippen LogP contribution in [0.2, 0.25) is 0 Å². The summed E-state index contributed by atoms with van der Waals surface area (Å²) in [5.41, 5.74) is 26.7. The van der Waals surface area contributed by atoms with E-state index in [4.69, 9.17) is 28.7 Å². The Morgan fingerprint density at radius 3 is 1.50 bits per heavy atom. The van der Waals surface area contributed by atoms with Gasteiger partial charge in [-0.25, -0.2) is 4.79 Å². The maximum Gasteiger partial charge on any atom is 0.327 e. The fourth-order valence-electron chi connectivity index (χ4n) is 2.58. The van der Waals surface area contributed by atoms with Gasteiger partial charge in [-0.3, -0.25) is 24.4 Å². The Morgan fingerprint density at radius 2 is 1.18 bits per heavy atom. The van der Waals surface area contributed by atoms with Crippen LogP contribution in [0.25, 0.3) is 0 Å². The fraction of sp³-hybridized carbons (Fsp3) is 0.667. The van der Waals surface area contributed by atoms with Gasteiger partial charge < -0.3 is 49.7 Å². The quantitative estimate of drug-likeness (QED) is 0.0419. The summed E-state index contributed by atoms with van der Waals surface area (Å²) in [7, 11) is 0. The molecule has 0 aromatic carbocycles. The van der Waals surface area contributed by atoms with Gasteiger partial charge in [0.2, 0.25) is 17.7 Å². The van der Waals surface area contributed by atoms with E-state index in [-0.39, 0.29) is 43.6 Å². The Hall–Kier alpha value is -3.27. The summed E-state index contributed by atoms with van der Waals surface area (Å²) in [5.74, 6) is -3.67. The Kier molecular flexibility index (Phi) is 14.8. The lowest BCUT2D eigenvalue weighted by Gasteiger charge is -2.24. The van der Waals surface area contributed by atoms with Crippen molar-refractivity contribution in [2.45, 2.75) is 56.8 Å². The van der Waals surface area contributed by atoms with Crippen molar-refractivity contribution in [2.24, 2.45) is 38.7 Å². The number of carboxylic acids is 1. The molecular formula is C18H36N10O5S. The highest BCUT2D eigenvalue weighted by Gasteiger charge is 2.29. The number of aliphatic imine (C=N–C) groups is 2. The minimum Gasteiger partial charge on any atom is -0.480 e. The molecule has 0 radical (unpaired) electrons. The number of aliphatic carboxylic acids is 1. The predicted octanol–water partition coefficient (Wildman–Crippen LogP) is -4.09. The van der Waals surface area contributed by atoms with Crippen LogP contribution in [-0.2, 0) is 19.2 Å². The second kappa shape index (κ2) is 16.4. The summed E-state index contributed by atoms with van der Waals surface area (Å²) in [4.78, 5) is 56.6. The number of nitrogens with zero attached hydrogens (tertiary/aromatic N) is 2. The van der Waals surface area contributed by atoms with Crippen molar-refractivity contribution < 1.29 is 24.3 Å². The van der Waals surface area contributed by atoms with Crippen LogP contribution in [0.4, 0.5) is 0 Å². The van der Waals surface area contributed by atoms with Gasteiger partial charge in [0.15, 0.2) is 11.9 Å². The second-order valence-electron chi connectivity index (χ2n) is 7.39. The van der Waals surface area contributed by atoms with Crippen molar-refractivity contribution in [1.82, 2.24) is 16.0 Å². The van der Waals surface area contributed by atoms with Crippen LogP contribution in [0.3, 0.4) is 0 Å². The third kappa shape index (κ3) is 13.3. The minimum atomic E-state index is -1.28. The van der Waals surface area contributed by atoms with Crippen molar-refractivity contribution in [3.63, 3.8) is 0 Å². The molecular weight excluding hydrogens is 468 g/mol. The van der Waals surface area contributed by atoms with Crippen molar-refractivity contribution >= 4 is 48.2 Å². The molecule has 16 heteroatoms. The molecule has 0 aliphatic carbocycles. The summed E-state index contributed by atoms with van der Waals surface area (Å²) in [5, 5.41) is 16.6. The molecule has 0 rings (SSSR count). The van der Waals surface area contributed by atoms with E-state index < -0.39 is 47.9 Å². The van der Waals surface area contributed by atoms with E-state index in [2.05, 4.69) is 38.6 Å². The van der Waals surface area contributed by atoms with Crippen molar-refractivity contribution in [3.05, 3.63) is 0 Å². The first-order chi connectivity index (χ1) is 15.9. The molecule has 0 fully saturated rings. The lowest BCUT2D eigenvalue weighted by molar-refractivity contribution is -0.141. The average molecular weight is 505 g/mol. The molecule has 4 atom stereocenters. The first-order valence-electron chi connectivity index (χ1n) is 10.5. The third-order valence-electron chi connectivity index (χ3n) is 4.37. The van der Waals surface area contributed by atoms with Crippen molar-refractivity contribution in [2.75, 3.05) is 18.8 Å². The first-order valence-corrected chi connectivity index (χ1v) is 11.1. The maximum absolute atomic E-state index is 12.9. The number of guanidine groups is 2. The largest absolute Gasteiger partial charge is 0.480 e. The molecule has 3 amide bonds. The molecule has 0 heterocycles. The van der Waals surface area contributed by atoms with Gasteiger partial charge in [-0.05, 0) is 32.6 Å². The molecule has 4 unspecified atom stereocenters. The number of carbonyl (C=O) groups excluding carboxylic acids is 3. The zero-order chi connectivity index (χ0) is 26.3. The number of hydrogen-bond acceptors (Lipinski definition) is 8. The molecule has 194 valence electrons. The van der Waals surface area contributed by atoms with Gasteiger partial charge in [0.25, 0.3) is 0 Å². The second-order valence-corrected chi connectivity index (χ2v) is 7.76. The van der Waals surface area contributed by atoms with Gasteiger partial charge >= 0.3 is 5.97 Å². The summed E-state index contributed by atoms with van der Waals surface area (Å²) in [6.45, 7) is 1.85. The number of hydrogen-bond donors (Lipinski definition) is 10. The van der Waals surface area contributed by atoms with E-state index >= 15 is 0 Å². The lowest BCUT2D eigenvalue weighted by Crippen LogP contribution is -2.57. The maximum atomic E-state index is 12.9. The molecule has 0 saturated heterocycles. The van der Waals surface area contributed by atoms with E-state index in [0.29, 0.717) is 12.8 Å². The number of carbonyl (C=O) groups is 4. The van der Waals surface area contributed by atoms with Gasteiger partial charge in [0, 0.05) is 18.8 Å². The molecule has 0 bridgehead atoms. The Labute approximate surface area is 203 Å². The van der Waals surface area contributed by atoms with Crippen LogP contribution < -0.4 is 44.6 Å². The molecule has 0 aromatic heterocycles. The summed E-state index contributed by atoms with van der Waals surface area (Å²) >= 11 is 3.91. The van der Waals surface area contributed by atoms with E-state index in [1.54, 1.807) is 0 Å². The highest BCUT2D eigenvalue weighted by atomic mass is 32.1. The molecule has 14 N–H and O–H groups in total. The summed E-state index contributed by atoms with van der Waals surface area (Å²) < 4.78 is 0. The Morgan fingerprint density at radius 1 is 0.794 bits per heavy atom. The van der Waals surface area contributed by atoms with Crippen molar-refractivity contribution in [1.29, 1.82) is 0 Å². The molecule has 0 aromatic rings. The lowest BCUT2D eigenvalue weighted by atomic mass is 10.1. The van der Waals surface area contributed by atoms with Gasteiger partial charge in [0.1, 0.15) is 18.1 Å². The number of carboxylic acid groups (broad SMARTS) is 1. The van der Waals surface area contributed by atoms with Crippen LogP contribution in [0.15, 0.2) is 9.98 Å². The average Bonchev–Trinajstić information content (AvgIpc) is 2.74. The fourth-order valence-corrected chi connectivity index (χ4v) is 2.83. The molecule has 0 aliphatic heterocycles. The van der Waals surface area contributed by atoms with Gasteiger partial charge in [0.05, 0.1) is 6.04 Å². The smallest absolute Gasteiger partial charge is 0.327 e. The highest BCUT2D eigenvalue weighted by molar-refractivity contribution is 7.80.